The second-order valence-corrected chi connectivity index (χ2v) is 15.0. The molecule has 3 aliphatic heterocycles. The van der Waals surface area contributed by atoms with Crippen molar-refractivity contribution in [2.45, 2.75) is 83.1 Å². The van der Waals surface area contributed by atoms with E-state index in [0.717, 1.165) is 17.2 Å². The quantitative estimate of drug-likeness (QED) is 0.215. The fourth-order valence-corrected chi connectivity index (χ4v) is 8.10. The highest BCUT2D eigenvalue weighted by Gasteiger charge is 2.38. The number of pyridine rings is 1. The minimum absolute atomic E-state index is 0.0484. The van der Waals surface area contributed by atoms with Crippen LogP contribution < -0.4 is 20.9 Å². The standard InChI is InChI=1S/C40H48F4N6O5/c1-23-24(2)38(53)47(3)21-30(23)26-18-33(41)31(35(19-26)55-5)22-49-14-12-28(13-15-49)48(4)39(54)50-16-10-25(11-17-50)29-7-6-27(20-32(29)40(42,43)44)45-34-8-9-36(51)46-37(34)52/h6-7,18-21,25,28,34,45H,8-17,22H2,1-5H3,(H,46,51,52). The largest absolute Gasteiger partial charge is 0.496 e. The zero-order valence-electron chi connectivity index (χ0n) is 31.8. The molecule has 4 amide bonds. The number of alkyl halides is 3. The first kappa shape index (κ1) is 39.8. The summed E-state index contributed by atoms with van der Waals surface area (Å²) in [4.78, 5) is 55.1. The van der Waals surface area contributed by atoms with Gasteiger partial charge < -0.3 is 24.4 Å². The topological polar surface area (TPSA) is 116 Å². The van der Waals surface area contributed by atoms with Gasteiger partial charge in [-0.1, -0.05) is 6.07 Å². The van der Waals surface area contributed by atoms with Crippen LogP contribution in [-0.4, -0.2) is 89.5 Å². The van der Waals surface area contributed by atoms with Gasteiger partial charge in [-0.2, -0.15) is 13.2 Å². The molecule has 2 aromatic carbocycles. The Labute approximate surface area is 317 Å². The molecule has 0 saturated carbocycles. The van der Waals surface area contributed by atoms with Crippen LogP contribution in [0.3, 0.4) is 0 Å². The van der Waals surface area contributed by atoms with E-state index in [9.17, 15) is 32.3 Å². The summed E-state index contributed by atoms with van der Waals surface area (Å²) in [5, 5.41) is 5.04. The summed E-state index contributed by atoms with van der Waals surface area (Å²) in [6.45, 7) is 5.81. The predicted octanol–water partition coefficient (Wildman–Crippen LogP) is 5.95. The number of nitrogens with zero attached hydrogens (tertiary/aromatic N) is 4. The molecule has 4 heterocycles. The van der Waals surface area contributed by atoms with Crippen LogP contribution in [0.1, 0.15) is 72.3 Å². The van der Waals surface area contributed by atoms with Gasteiger partial charge in [-0.3, -0.25) is 24.6 Å². The maximum atomic E-state index is 15.7. The number of anilines is 1. The van der Waals surface area contributed by atoms with Gasteiger partial charge in [-0.05, 0) is 92.8 Å². The number of rotatable bonds is 8. The molecule has 3 aromatic rings. The van der Waals surface area contributed by atoms with Gasteiger partial charge in [0.05, 0.1) is 12.7 Å². The molecule has 11 nitrogen and oxygen atoms in total. The van der Waals surface area contributed by atoms with E-state index >= 15 is 4.39 Å². The SMILES string of the molecule is COc1cc(-c2cn(C)c(=O)c(C)c2C)cc(F)c1CN1CCC(N(C)C(=O)N2CCC(c3ccc(NC4CCC(=O)NC4=O)cc3C(F)(F)F)CC2)CC1. The molecule has 1 unspecified atom stereocenters. The third-order valence-corrected chi connectivity index (χ3v) is 11.5. The second-order valence-electron chi connectivity index (χ2n) is 15.0. The predicted molar refractivity (Wildman–Crippen MR) is 199 cm³/mol. The van der Waals surface area contributed by atoms with Crippen molar-refractivity contribution < 1.29 is 36.7 Å². The molecule has 1 atom stereocenters. The number of hydrogen-bond donors (Lipinski definition) is 2. The summed E-state index contributed by atoms with van der Waals surface area (Å²) in [6, 6.07) is 6.26. The first-order chi connectivity index (χ1) is 26.0. The lowest BCUT2D eigenvalue weighted by atomic mass is 9.86. The van der Waals surface area contributed by atoms with E-state index in [1.54, 1.807) is 43.1 Å². The molecule has 15 heteroatoms. The van der Waals surface area contributed by atoms with Gasteiger partial charge in [-0.25, -0.2) is 9.18 Å². The number of methoxy groups -OCH3 is 1. The van der Waals surface area contributed by atoms with E-state index in [1.807, 2.05) is 6.92 Å². The lowest BCUT2D eigenvalue weighted by Gasteiger charge is -2.41. The zero-order chi connectivity index (χ0) is 39.8. The number of urea groups is 1. The number of nitrogens with one attached hydrogen (secondary N) is 2. The highest BCUT2D eigenvalue weighted by Crippen LogP contribution is 2.41. The number of carbonyl (C=O) groups excluding carboxylic acids is 3. The van der Waals surface area contributed by atoms with Crippen molar-refractivity contribution in [3.8, 4) is 16.9 Å². The van der Waals surface area contributed by atoms with Crippen LogP contribution in [0.25, 0.3) is 11.1 Å². The minimum atomic E-state index is -4.62. The van der Waals surface area contributed by atoms with Crippen molar-refractivity contribution in [1.29, 1.82) is 0 Å². The molecule has 2 N–H and O–H groups in total. The van der Waals surface area contributed by atoms with Crippen molar-refractivity contribution in [3.05, 3.63) is 80.5 Å². The van der Waals surface area contributed by atoms with Crippen molar-refractivity contribution in [1.82, 2.24) is 24.6 Å². The molecule has 3 aliphatic rings. The van der Waals surface area contributed by atoms with Crippen LogP contribution >= 0.6 is 0 Å². The summed E-state index contributed by atoms with van der Waals surface area (Å²) >= 11 is 0. The first-order valence-electron chi connectivity index (χ1n) is 18.6. The fourth-order valence-electron chi connectivity index (χ4n) is 8.10. The van der Waals surface area contributed by atoms with Crippen LogP contribution in [-0.2, 0) is 29.4 Å². The summed E-state index contributed by atoms with van der Waals surface area (Å²) in [7, 11) is 4.93. The number of amides is 4. The summed E-state index contributed by atoms with van der Waals surface area (Å²) < 4.78 is 65.7. The number of ether oxygens (including phenoxy) is 1. The van der Waals surface area contributed by atoms with Gasteiger partial charge in [0.25, 0.3) is 5.56 Å². The average Bonchev–Trinajstić information content (AvgIpc) is 3.16. The lowest BCUT2D eigenvalue weighted by molar-refractivity contribution is -0.138. The highest BCUT2D eigenvalue weighted by atomic mass is 19.4. The lowest BCUT2D eigenvalue weighted by Crippen LogP contribution is -2.51. The van der Waals surface area contributed by atoms with Crippen LogP contribution in [0.15, 0.2) is 41.3 Å². The Balaban J connectivity index is 1.04. The highest BCUT2D eigenvalue weighted by molar-refractivity contribution is 6.01. The Morgan fingerprint density at radius 2 is 1.67 bits per heavy atom. The van der Waals surface area contributed by atoms with Crippen molar-refractivity contribution in [2.75, 3.05) is 45.7 Å². The fraction of sp³-hybridized carbons (Fsp3) is 0.500. The molecule has 3 fully saturated rings. The number of imide groups is 1. The number of piperidine rings is 3. The maximum absolute atomic E-state index is 15.7. The molecule has 0 radical (unpaired) electrons. The molecule has 0 aliphatic carbocycles. The zero-order valence-corrected chi connectivity index (χ0v) is 31.8. The number of carbonyl (C=O) groups is 3. The third-order valence-electron chi connectivity index (χ3n) is 11.5. The number of aryl methyl sites for hydroxylation is 1. The van der Waals surface area contributed by atoms with Crippen molar-refractivity contribution in [3.63, 3.8) is 0 Å². The van der Waals surface area contributed by atoms with Gasteiger partial charge >= 0.3 is 12.2 Å². The van der Waals surface area contributed by atoms with E-state index in [0.29, 0.717) is 80.8 Å². The maximum Gasteiger partial charge on any atom is 0.416 e. The number of aromatic nitrogens is 1. The molecule has 296 valence electrons. The first-order valence-corrected chi connectivity index (χ1v) is 18.6. The van der Waals surface area contributed by atoms with E-state index < -0.39 is 41.3 Å². The number of halogens is 4. The molecular formula is C40H48F4N6O5. The molecule has 3 saturated heterocycles. The van der Waals surface area contributed by atoms with Gasteiger partial charge in [0.1, 0.15) is 17.6 Å². The van der Waals surface area contributed by atoms with E-state index in [2.05, 4.69) is 15.5 Å². The number of benzene rings is 2. The summed E-state index contributed by atoms with van der Waals surface area (Å²) in [5.41, 5.74) is 2.63. The number of likely N-dealkylation sites (tertiary alicyclic amines) is 2. The minimum Gasteiger partial charge on any atom is -0.496 e. The normalized spacial score (nSPS) is 19.0. The molecule has 6 rings (SSSR count). The second kappa shape index (κ2) is 16.0. The Morgan fingerprint density at radius 1 is 0.982 bits per heavy atom. The van der Waals surface area contributed by atoms with Crippen LogP contribution in [0.4, 0.5) is 28.0 Å². The summed E-state index contributed by atoms with van der Waals surface area (Å²) in [6.07, 6.45) is -0.534. The van der Waals surface area contributed by atoms with Crippen molar-refractivity contribution in [2.24, 2.45) is 7.05 Å². The third kappa shape index (κ3) is 8.51. The summed E-state index contributed by atoms with van der Waals surface area (Å²) in [5.74, 6) is -1.36. The Bertz CT molecular complexity index is 2020. The smallest absolute Gasteiger partial charge is 0.416 e. The molecule has 0 bridgehead atoms. The van der Waals surface area contributed by atoms with E-state index in [1.165, 1.54) is 29.9 Å². The van der Waals surface area contributed by atoms with Crippen LogP contribution in [0.5, 0.6) is 5.75 Å². The molecule has 55 heavy (non-hydrogen) atoms. The number of hydrogen-bond acceptors (Lipinski definition) is 7. The monoisotopic (exact) mass is 768 g/mol. The molecule has 1 aromatic heterocycles. The van der Waals surface area contributed by atoms with Gasteiger partial charge in [0, 0.05) is 87.9 Å². The van der Waals surface area contributed by atoms with Gasteiger partial charge in [0.15, 0.2) is 0 Å². The van der Waals surface area contributed by atoms with Gasteiger partial charge in [-0.15, -0.1) is 0 Å². The molecule has 0 spiro atoms. The Kier molecular flexibility index (Phi) is 11.6. The van der Waals surface area contributed by atoms with Crippen molar-refractivity contribution >= 4 is 23.5 Å². The van der Waals surface area contributed by atoms with Crippen LogP contribution in [0, 0.1) is 19.7 Å². The Morgan fingerprint density at radius 3 is 2.31 bits per heavy atom. The van der Waals surface area contributed by atoms with Gasteiger partial charge in [0.2, 0.25) is 11.8 Å². The van der Waals surface area contributed by atoms with E-state index in [4.69, 9.17) is 4.74 Å². The van der Waals surface area contributed by atoms with E-state index in [-0.39, 0.29) is 41.7 Å². The average molecular weight is 769 g/mol. The van der Waals surface area contributed by atoms with Crippen LogP contribution in [0.2, 0.25) is 0 Å². The molecular weight excluding hydrogens is 720 g/mol. The Hall–Kier alpha value is -4.92.